The lowest BCUT2D eigenvalue weighted by molar-refractivity contribution is -0.386. The molecule has 1 heterocycles. The molecule has 0 amide bonds. The van der Waals surface area contributed by atoms with Crippen LogP contribution in [0.15, 0.2) is 16.9 Å². The van der Waals surface area contributed by atoms with Crippen LogP contribution in [0.3, 0.4) is 0 Å². The van der Waals surface area contributed by atoms with Gasteiger partial charge in [0.25, 0.3) is 11.2 Å². The van der Waals surface area contributed by atoms with Crippen molar-refractivity contribution < 1.29 is 14.5 Å². The fourth-order valence-corrected chi connectivity index (χ4v) is 1.99. The van der Waals surface area contributed by atoms with Crippen molar-refractivity contribution in [3.8, 4) is 0 Å². The van der Waals surface area contributed by atoms with Crippen LogP contribution in [0.5, 0.6) is 0 Å². The van der Waals surface area contributed by atoms with Gasteiger partial charge in [0.05, 0.1) is 16.7 Å². The lowest BCUT2D eigenvalue weighted by atomic mass is 10.2. The van der Waals surface area contributed by atoms with Gasteiger partial charge in [-0.05, 0) is 27.2 Å². The number of hydrogen-bond acceptors (Lipinski definition) is 5. The Morgan fingerprint density at radius 2 is 2.05 bits per heavy atom. The largest absolute Gasteiger partial charge is 0.461 e. The molecule has 20 heavy (non-hydrogen) atoms. The SMILES string of the molecule is CCC(C(=O)OC(C)C)n1c(C)c([N+](=O)[O-])ccc1=O. The first-order valence-electron chi connectivity index (χ1n) is 6.36. The Morgan fingerprint density at radius 3 is 2.50 bits per heavy atom. The highest BCUT2D eigenvalue weighted by Gasteiger charge is 2.26. The van der Waals surface area contributed by atoms with Gasteiger partial charge in [-0.15, -0.1) is 0 Å². The van der Waals surface area contributed by atoms with Crippen molar-refractivity contribution in [1.82, 2.24) is 4.57 Å². The molecule has 1 aromatic heterocycles. The monoisotopic (exact) mass is 282 g/mol. The predicted molar refractivity (Wildman–Crippen MR) is 72.6 cm³/mol. The molecule has 110 valence electrons. The molecule has 0 radical (unpaired) electrons. The van der Waals surface area contributed by atoms with E-state index in [9.17, 15) is 19.7 Å². The third-order valence-electron chi connectivity index (χ3n) is 2.87. The van der Waals surface area contributed by atoms with Crippen LogP contribution in [-0.2, 0) is 9.53 Å². The quantitative estimate of drug-likeness (QED) is 0.467. The fraction of sp³-hybridized carbons (Fsp3) is 0.538. The zero-order chi connectivity index (χ0) is 15.4. The summed E-state index contributed by atoms with van der Waals surface area (Å²) < 4.78 is 6.23. The maximum absolute atomic E-state index is 12.0. The van der Waals surface area contributed by atoms with Gasteiger partial charge in [0, 0.05) is 12.1 Å². The Morgan fingerprint density at radius 1 is 1.45 bits per heavy atom. The summed E-state index contributed by atoms with van der Waals surface area (Å²) in [5.41, 5.74) is -0.504. The van der Waals surface area contributed by atoms with Crippen molar-refractivity contribution in [3.05, 3.63) is 38.3 Å². The van der Waals surface area contributed by atoms with E-state index in [0.29, 0.717) is 6.42 Å². The van der Waals surface area contributed by atoms with E-state index in [1.165, 1.54) is 6.92 Å². The van der Waals surface area contributed by atoms with Gasteiger partial charge in [-0.25, -0.2) is 4.79 Å². The van der Waals surface area contributed by atoms with Gasteiger partial charge in [0.1, 0.15) is 6.04 Å². The first kappa shape index (κ1) is 15.9. The molecule has 7 nitrogen and oxygen atoms in total. The summed E-state index contributed by atoms with van der Waals surface area (Å²) in [6.45, 7) is 6.57. The molecule has 0 aliphatic rings. The normalized spacial score (nSPS) is 12.2. The summed E-state index contributed by atoms with van der Waals surface area (Å²) in [6.07, 6.45) is -0.000688. The maximum atomic E-state index is 12.0. The highest BCUT2D eigenvalue weighted by molar-refractivity contribution is 5.74. The molecule has 0 saturated carbocycles. The lowest BCUT2D eigenvalue weighted by Gasteiger charge is -2.20. The molecule has 0 aliphatic carbocycles. The van der Waals surface area contributed by atoms with Crippen LogP contribution in [0.1, 0.15) is 38.9 Å². The molecule has 0 aliphatic heterocycles. The number of carbonyl (C=O) groups excluding carboxylic acids is 1. The third kappa shape index (κ3) is 3.23. The number of esters is 1. The van der Waals surface area contributed by atoms with E-state index in [4.69, 9.17) is 4.74 Å². The average molecular weight is 282 g/mol. The molecular weight excluding hydrogens is 264 g/mol. The van der Waals surface area contributed by atoms with E-state index in [2.05, 4.69) is 0 Å². The number of carbonyl (C=O) groups is 1. The standard InChI is InChI=1S/C13H18N2O5/c1-5-10(13(17)20-8(2)3)14-9(4)11(15(18)19)6-7-12(14)16/h6-8,10H,5H2,1-4H3. The summed E-state index contributed by atoms with van der Waals surface area (Å²) >= 11 is 0. The highest BCUT2D eigenvalue weighted by atomic mass is 16.6. The molecule has 0 aromatic carbocycles. The highest BCUT2D eigenvalue weighted by Crippen LogP contribution is 2.21. The molecule has 0 bridgehead atoms. The number of rotatable bonds is 5. The number of aromatic nitrogens is 1. The molecule has 0 fully saturated rings. The Balaban J connectivity index is 3.35. The molecule has 7 heteroatoms. The molecule has 1 rings (SSSR count). The van der Waals surface area contributed by atoms with Crippen molar-refractivity contribution in [2.75, 3.05) is 0 Å². The first-order chi connectivity index (χ1) is 9.29. The Hall–Kier alpha value is -2.18. The minimum Gasteiger partial charge on any atom is -0.461 e. The second-order valence-corrected chi connectivity index (χ2v) is 4.68. The van der Waals surface area contributed by atoms with Gasteiger partial charge in [0.15, 0.2) is 0 Å². The number of ether oxygens (including phenoxy) is 1. The molecule has 1 atom stereocenters. The van der Waals surface area contributed by atoms with E-state index < -0.39 is 22.5 Å². The second kappa shape index (κ2) is 6.31. The number of nitro groups is 1. The Kier molecular flexibility index (Phi) is 5.01. The van der Waals surface area contributed by atoms with E-state index in [-0.39, 0.29) is 17.5 Å². The van der Waals surface area contributed by atoms with Gasteiger partial charge >= 0.3 is 5.97 Å². The van der Waals surface area contributed by atoms with E-state index in [0.717, 1.165) is 16.7 Å². The summed E-state index contributed by atoms with van der Waals surface area (Å²) in [4.78, 5) is 34.3. The van der Waals surface area contributed by atoms with Crippen molar-refractivity contribution in [1.29, 1.82) is 0 Å². The van der Waals surface area contributed by atoms with Crippen LogP contribution in [-0.4, -0.2) is 21.6 Å². The minimum absolute atomic E-state index is 0.148. The predicted octanol–water partition coefficient (Wildman–Crippen LogP) is 1.97. The summed E-state index contributed by atoms with van der Waals surface area (Å²) in [6, 6.07) is 1.38. The zero-order valence-electron chi connectivity index (χ0n) is 12.0. The van der Waals surface area contributed by atoms with Crippen molar-refractivity contribution >= 4 is 11.7 Å². The summed E-state index contributed by atoms with van der Waals surface area (Å²) in [7, 11) is 0. The second-order valence-electron chi connectivity index (χ2n) is 4.68. The van der Waals surface area contributed by atoms with Crippen LogP contribution in [0.25, 0.3) is 0 Å². The summed E-state index contributed by atoms with van der Waals surface area (Å²) in [5, 5.41) is 10.9. The van der Waals surface area contributed by atoms with Crippen molar-refractivity contribution in [2.24, 2.45) is 0 Å². The van der Waals surface area contributed by atoms with Gasteiger partial charge in [-0.3, -0.25) is 19.5 Å². The minimum atomic E-state index is -0.857. The topological polar surface area (TPSA) is 91.4 Å². The van der Waals surface area contributed by atoms with E-state index in [1.807, 2.05) is 0 Å². The molecule has 1 aromatic rings. The Labute approximate surface area is 116 Å². The molecular formula is C13H18N2O5. The van der Waals surface area contributed by atoms with Gasteiger partial charge < -0.3 is 4.74 Å². The van der Waals surface area contributed by atoms with Gasteiger partial charge in [-0.1, -0.05) is 6.92 Å². The van der Waals surface area contributed by atoms with Crippen molar-refractivity contribution in [2.45, 2.75) is 46.3 Å². The average Bonchev–Trinajstić information content (AvgIpc) is 2.32. The van der Waals surface area contributed by atoms with Crippen LogP contribution in [0, 0.1) is 17.0 Å². The fourth-order valence-electron chi connectivity index (χ4n) is 1.99. The van der Waals surface area contributed by atoms with Gasteiger partial charge in [0.2, 0.25) is 0 Å². The molecule has 0 N–H and O–H groups in total. The van der Waals surface area contributed by atoms with Crippen molar-refractivity contribution in [3.63, 3.8) is 0 Å². The Bertz CT molecular complexity index is 577. The number of nitrogens with zero attached hydrogens (tertiary/aromatic N) is 2. The number of hydrogen-bond donors (Lipinski definition) is 0. The zero-order valence-corrected chi connectivity index (χ0v) is 12.0. The molecule has 0 spiro atoms. The maximum Gasteiger partial charge on any atom is 0.329 e. The van der Waals surface area contributed by atoms with Crippen LogP contribution in [0.4, 0.5) is 5.69 Å². The van der Waals surface area contributed by atoms with Crippen LogP contribution >= 0.6 is 0 Å². The first-order valence-corrected chi connectivity index (χ1v) is 6.36. The van der Waals surface area contributed by atoms with E-state index >= 15 is 0 Å². The van der Waals surface area contributed by atoms with Crippen LogP contribution in [0.2, 0.25) is 0 Å². The number of pyridine rings is 1. The molecule has 0 saturated heterocycles. The summed E-state index contributed by atoms with van der Waals surface area (Å²) in [5.74, 6) is -0.562. The molecule has 1 unspecified atom stereocenters. The smallest absolute Gasteiger partial charge is 0.329 e. The lowest BCUT2D eigenvalue weighted by Crippen LogP contribution is -2.33. The van der Waals surface area contributed by atoms with Gasteiger partial charge in [-0.2, -0.15) is 0 Å². The van der Waals surface area contributed by atoms with Crippen LogP contribution < -0.4 is 5.56 Å². The van der Waals surface area contributed by atoms with E-state index in [1.54, 1.807) is 20.8 Å². The third-order valence-corrected chi connectivity index (χ3v) is 2.87.